The molecule has 2 N–H and O–H groups in total. The first-order valence-corrected chi connectivity index (χ1v) is 8.45. The quantitative estimate of drug-likeness (QED) is 0.538. The lowest BCUT2D eigenvalue weighted by atomic mass is 10.2. The minimum Gasteiger partial charge on any atom is -0.497 e. The maximum atomic E-state index is 12.3. The number of benzene rings is 2. The summed E-state index contributed by atoms with van der Waals surface area (Å²) in [6.07, 6.45) is 0.0267. The lowest BCUT2D eigenvalue weighted by Crippen LogP contribution is -2.21. The number of anilines is 1. The van der Waals surface area contributed by atoms with Crippen LogP contribution < -0.4 is 25.0 Å². The summed E-state index contributed by atoms with van der Waals surface area (Å²) >= 11 is 0. The fraction of sp³-hybridized carbons (Fsp3) is 0.250. The van der Waals surface area contributed by atoms with Gasteiger partial charge in [0, 0.05) is 29.1 Å². The van der Waals surface area contributed by atoms with Gasteiger partial charge in [-0.15, -0.1) is 0 Å². The Balaban J connectivity index is 1.96. The predicted octanol–water partition coefficient (Wildman–Crippen LogP) is 2.85. The lowest BCUT2D eigenvalue weighted by Gasteiger charge is -2.08. The molecule has 0 aliphatic heterocycles. The molecule has 0 aliphatic carbocycles. The molecule has 2 amide bonds. The number of methoxy groups -OCH3 is 3. The summed E-state index contributed by atoms with van der Waals surface area (Å²) in [5, 5.41) is 6.73. The number of carbonyl (C=O) groups is 2. The van der Waals surface area contributed by atoms with Crippen molar-refractivity contribution in [3.05, 3.63) is 48.0 Å². The Morgan fingerprint density at radius 2 is 1.57 bits per heavy atom. The van der Waals surface area contributed by atoms with Gasteiger partial charge in [-0.1, -0.05) is 6.07 Å². The van der Waals surface area contributed by atoms with Crippen molar-refractivity contribution in [2.24, 2.45) is 5.10 Å². The first-order valence-electron chi connectivity index (χ1n) is 8.45. The molecule has 0 unspecified atom stereocenters. The Kier molecular flexibility index (Phi) is 7.38. The van der Waals surface area contributed by atoms with Crippen LogP contribution in [0.15, 0.2) is 47.6 Å². The Labute approximate surface area is 163 Å². The molecule has 8 heteroatoms. The van der Waals surface area contributed by atoms with Gasteiger partial charge in [-0.25, -0.2) is 5.43 Å². The molecular weight excluding hydrogens is 362 g/mol. The number of nitrogens with one attached hydrogen (secondary N) is 2. The van der Waals surface area contributed by atoms with Crippen LogP contribution in [0.4, 0.5) is 5.69 Å². The van der Waals surface area contributed by atoms with E-state index in [0.29, 0.717) is 34.2 Å². The van der Waals surface area contributed by atoms with E-state index in [2.05, 4.69) is 15.8 Å². The van der Waals surface area contributed by atoms with Crippen molar-refractivity contribution in [1.82, 2.24) is 5.43 Å². The molecular formula is C20H23N3O5. The van der Waals surface area contributed by atoms with Gasteiger partial charge in [0.25, 0.3) is 5.91 Å². The summed E-state index contributed by atoms with van der Waals surface area (Å²) in [5.41, 5.74) is 3.82. The van der Waals surface area contributed by atoms with Gasteiger partial charge in [0.05, 0.1) is 27.8 Å². The third-order valence-corrected chi connectivity index (χ3v) is 3.73. The normalized spacial score (nSPS) is 10.8. The summed E-state index contributed by atoms with van der Waals surface area (Å²) in [5.74, 6) is 0.923. The van der Waals surface area contributed by atoms with Crippen LogP contribution >= 0.6 is 0 Å². The van der Waals surface area contributed by atoms with Crippen LogP contribution in [0.25, 0.3) is 0 Å². The smallest absolute Gasteiger partial charge is 0.271 e. The van der Waals surface area contributed by atoms with E-state index in [0.717, 1.165) is 0 Å². The summed E-state index contributed by atoms with van der Waals surface area (Å²) < 4.78 is 15.4. The van der Waals surface area contributed by atoms with E-state index in [1.807, 2.05) is 0 Å². The van der Waals surface area contributed by atoms with Crippen molar-refractivity contribution >= 4 is 23.2 Å². The maximum Gasteiger partial charge on any atom is 0.271 e. The maximum absolute atomic E-state index is 12.3. The van der Waals surface area contributed by atoms with E-state index >= 15 is 0 Å². The van der Waals surface area contributed by atoms with Gasteiger partial charge in [-0.2, -0.15) is 5.10 Å². The monoisotopic (exact) mass is 385 g/mol. The molecule has 0 saturated carbocycles. The van der Waals surface area contributed by atoms with Crippen LogP contribution in [-0.2, 0) is 4.79 Å². The number of rotatable bonds is 8. The highest BCUT2D eigenvalue weighted by atomic mass is 16.5. The highest BCUT2D eigenvalue weighted by Crippen LogP contribution is 2.22. The summed E-state index contributed by atoms with van der Waals surface area (Å²) in [4.78, 5) is 24.4. The number of amides is 2. The van der Waals surface area contributed by atoms with E-state index in [9.17, 15) is 9.59 Å². The van der Waals surface area contributed by atoms with Gasteiger partial charge < -0.3 is 19.5 Å². The van der Waals surface area contributed by atoms with Gasteiger partial charge in [-0.05, 0) is 31.2 Å². The van der Waals surface area contributed by atoms with Gasteiger partial charge in [0.1, 0.15) is 17.2 Å². The topological polar surface area (TPSA) is 98.2 Å². The molecule has 0 heterocycles. The standard InChI is InChI=1S/C20H23N3O5/c1-13(8-19(24)21-15-6-5-7-16(11-15)26-2)22-23-20(25)14-9-17(27-3)12-18(10-14)28-4/h5-7,9-12H,8H2,1-4H3,(H,21,24)(H,23,25)/b22-13+. The van der Waals surface area contributed by atoms with Gasteiger partial charge in [0.15, 0.2) is 0 Å². The van der Waals surface area contributed by atoms with E-state index in [1.165, 1.54) is 14.2 Å². The molecule has 2 aromatic carbocycles. The molecule has 0 spiro atoms. The van der Waals surface area contributed by atoms with Crippen LogP contribution in [-0.4, -0.2) is 38.9 Å². The van der Waals surface area contributed by atoms with Gasteiger partial charge in [-0.3, -0.25) is 9.59 Å². The van der Waals surface area contributed by atoms with Gasteiger partial charge >= 0.3 is 0 Å². The minimum absolute atomic E-state index is 0.0267. The van der Waals surface area contributed by atoms with E-state index in [4.69, 9.17) is 14.2 Å². The van der Waals surface area contributed by atoms with E-state index in [1.54, 1.807) is 56.5 Å². The molecule has 8 nitrogen and oxygen atoms in total. The molecule has 0 aromatic heterocycles. The van der Waals surface area contributed by atoms with Gasteiger partial charge in [0.2, 0.25) is 5.91 Å². The van der Waals surface area contributed by atoms with Crippen molar-refractivity contribution in [2.75, 3.05) is 26.6 Å². The van der Waals surface area contributed by atoms with Crippen molar-refractivity contribution in [3.63, 3.8) is 0 Å². The van der Waals surface area contributed by atoms with Crippen molar-refractivity contribution in [1.29, 1.82) is 0 Å². The lowest BCUT2D eigenvalue weighted by molar-refractivity contribution is -0.115. The zero-order valence-corrected chi connectivity index (χ0v) is 16.2. The molecule has 28 heavy (non-hydrogen) atoms. The summed E-state index contributed by atoms with van der Waals surface area (Å²) in [6, 6.07) is 11.8. The average molecular weight is 385 g/mol. The fourth-order valence-corrected chi connectivity index (χ4v) is 2.33. The fourth-order valence-electron chi connectivity index (χ4n) is 2.33. The molecule has 0 fully saturated rings. The van der Waals surface area contributed by atoms with Crippen LogP contribution in [0.5, 0.6) is 17.2 Å². The first-order chi connectivity index (χ1) is 13.4. The first kappa shape index (κ1) is 20.8. The number of ether oxygens (including phenoxy) is 3. The second-order valence-corrected chi connectivity index (χ2v) is 5.85. The minimum atomic E-state index is -0.440. The highest BCUT2D eigenvalue weighted by Gasteiger charge is 2.10. The molecule has 0 radical (unpaired) electrons. The van der Waals surface area contributed by atoms with Crippen LogP contribution in [0.2, 0.25) is 0 Å². The molecule has 0 saturated heterocycles. The van der Waals surface area contributed by atoms with Crippen molar-refractivity contribution in [3.8, 4) is 17.2 Å². The number of hydrogen-bond donors (Lipinski definition) is 2. The highest BCUT2D eigenvalue weighted by molar-refractivity contribution is 6.06. The second-order valence-electron chi connectivity index (χ2n) is 5.85. The molecule has 0 atom stereocenters. The zero-order valence-electron chi connectivity index (χ0n) is 16.2. The SMILES string of the molecule is COc1cccc(NC(=O)C/C(C)=N/NC(=O)c2cc(OC)cc(OC)c2)c1. The molecule has 0 bridgehead atoms. The van der Waals surface area contributed by atoms with Crippen LogP contribution in [0.1, 0.15) is 23.7 Å². The Bertz CT molecular complexity index is 858. The number of nitrogens with zero attached hydrogens (tertiary/aromatic N) is 1. The Hall–Kier alpha value is -3.55. The summed E-state index contributed by atoms with van der Waals surface area (Å²) in [7, 11) is 4.55. The molecule has 2 aromatic rings. The van der Waals surface area contributed by atoms with Crippen LogP contribution in [0.3, 0.4) is 0 Å². The van der Waals surface area contributed by atoms with E-state index < -0.39 is 5.91 Å². The van der Waals surface area contributed by atoms with E-state index in [-0.39, 0.29) is 12.3 Å². The largest absolute Gasteiger partial charge is 0.497 e. The third kappa shape index (κ3) is 6.01. The predicted molar refractivity (Wildman–Crippen MR) is 106 cm³/mol. The van der Waals surface area contributed by atoms with Crippen LogP contribution in [0, 0.1) is 0 Å². The number of hydrazone groups is 1. The Morgan fingerprint density at radius 1 is 0.929 bits per heavy atom. The number of hydrogen-bond acceptors (Lipinski definition) is 6. The van der Waals surface area contributed by atoms with Crippen molar-refractivity contribution in [2.45, 2.75) is 13.3 Å². The summed E-state index contributed by atoms with van der Waals surface area (Å²) in [6.45, 7) is 1.65. The third-order valence-electron chi connectivity index (χ3n) is 3.73. The van der Waals surface area contributed by atoms with Crippen molar-refractivity contribution < 1.29 is 23.8 Å². The molecule has 0 aliphatic rings. The Morgan fingerprint density at radius 3 is 2.18 bits per heavy atom. The second kappa shape index (κ2) is 9.96. The zero-order chi connectivity index (χ0) is 20.5. The number of carbonyl (C=O) groups excluding carboxylic acids is 2. The molecule has 148 valence electrons. The average Bonchev–Trinajstić information content (AvgIpc) is 2.71. The molecule has 2 rings (SSSR count).